The number of hydrogen-bond donors (Lipinski definition) is 3. The number of hydrazone groups is 1. The maximum Gasteiger partial charge on any atom is 0.206 e. The molecule has 0 fully saturated rings. The molecule has 0 heterocycles. The van der Waals surface area contributed by atoms with Crippen LogP contribution in [0.2, 0.25) is 0 Å². The Bertz CT molecular complexity index is 581. The minimum Gasteiger partial charge on any atom is -0.457 e. The van der Waals surface area contributed by atoms with E-state index in [0.29, 0.717) is 0 Å². The second-order valence-electron chi connectivity index (χ2n) is 3.77. The molecule has 0 bridgehead atoms. The molecule has 2 aromatic carbocycles. The van der Waals surface area contributed by atoms with Crippen LogP contribution in [0, 0.1) is 5.41 Å². The third-order valence-corrected chi connectivity index (χ3v) is 2.24. The van der Waals surface area contributed by atoms with E-state index in [2.05, 4.69) is 10.5 Å². The van der Waals surface area contributed by atoms with Crippen LogP contribution in [0.1, 0.15) is 5.56 Å². The molecule has 0 spiro atoms. The molecule has 0 atom stereocenters. The van der Waals surface area contributed by atoms with E-state index in [0.717, 1.165) is 17.1 Å². The van der Waals surface area contributed by atoms with Crippen molar-refractivity contribution < 1.29 is 4.74 Å². The second-order valence-corrected chi connectivity index (χ2v) is 3.77. The summed E-state index contributed by atoms with van der Waals surface area (Å²) in [5.41, 5.74) is 8.32. The Morgan fingerprint density at radius 3 is 2.58 bits per heavy atom. The lowest BCUT2D eigenvalue weighted by molar-refractivity contribution is 0.482. The van der Waals surface area contributed by atoms with E-state index in [-0.39, 0.29) is 5.96 Å². The smallest absolute Gasteiger partial charge is 0.206 e. The molecule has 0 aromatic heterocycles. The predicted octanol–water partition coefficient (Wildman–Crippen LogP) is 2.30. The molecule has 4 N–H and O–H groups in total. The summed E-state index contributed by atoms with van der Waals surface area (Å²) in [5, 5.41) is 10.8. The molecule has 0 amide bonds. The maximum absolute atomic E-state index is 6.98. The monoisotopic (exact) mass is 254 g/mol. The van der Waals surface area contributed by atoms with Crippen molar-refractivity contribution in [1.82, 2.24) is 5.43 Å². The predicted molar refractivity (Wildman–Crippen MR) is 75.6 cm³/mol. The van der Waals surface area contributed by atoms with Crippen molar-refractivity contribution in [3.63, 3.8) is 0 Å². The highest BCUT2D eigenvalue weighted by atomic mass is 16.5. The number of guanidine groups is 1. The Balaban J connectivity index is 2.07. The van der Waals surface area contributed by atoms with E-state index < -0.39 is 0 Å². The molecular weight excluding hydrogens is 240 g/mol. The zero-order valence-electron chi connectivity index (χ0n) is 10.2. The molecular formula is C14H14N4O. The molecule has 0 aliphatic carbocycles. The SMILES string of the molecule is N=C(N)N/N=C/c1cccc(Oc2ccccc2)c1. The Morgan fingerprint density at radius 1 is 1.11 bits per heavy atom. The van der Waals surface area contributed by atoms with Gasteiger partial charge in [-0.3, -0.25) is 5.41 Å². The summed E-state index contributed by atoms with van der Waals surface area (Å²) in [6, 6.07) is 17.0. The average Bonchev–Trinajstić information content (AvgIpc) is 2.40. The lowest BCUT2D eigenvalue weighted by Crippen LogP contribution is -2.25. The van der Waals surface area contributed by atoms with Crippen molar-refractivity contribution in [2.45, 2.75) is 0 Å². The van der Waals surface area contributed by atoms with Crippen molar-refractivity contribution in [2.24, 2.45) is 10.8 Å². The summed E-state index contributed by atoms with van der Waals surface area (Å²) < 4.78 is 5.70. The van der Waals surface area contributed by atoms with Gasteiger partial charge >= 0.3 is 0 Å². The number of nitrogens with zero attached hydrogens (tertiary/aromatic N) is 1. The first-order valence-corrected chi connectivity index (χ1v) is 5.70. The fourth-order valence-corrected chi connectivity index (χ4v) is 1.46. The van der Waals surface area contributed by atoms with Crippen LogP contribution in [0.15, 0.2) is 59.7 Å². The average molecular weight is 254 g/mol. The van der Waals surface area contributed by atoms with Crippen molar-refractivity contribution >= 4 is 12.2 Å². The number of hydrogen-bond acceptors (Lipinski definition) is 3. The van der Waals surface area contributed by atoms with Gasteiger partial charge in [0.15, 0.2) is 0 Å². The van der Waals surface area contributed by atoms with Crippen molar-refractivity contribution in [3.8, 4) is 11.5 Å². The topological polar surface area (TPSA) is 83.5 Å². The van der Waals surface area contributed by atoms with E-state index >= 15 is 0 Å². The summed E-state index contributed by atoms with van der Waals surface area (Å²) in [4.78, 5) is 0. The number of benzene rings is 2. The lowest BCUT2D eigenvalue weighted by Gasteiger charge is -2.05. The first-order valence-electron chi connectivity index (χ1n) is 5.70. The molecule has 0 aliphatic rings. The highest BCUT2D eigenvalue weighted by Gasteiger charge is 1.97. The molecule has 0 saturated carbocycles. The van der Waals surface area contributed by atoms with E-state index in [1.807, 2.05) is 54.6 Å². The molecule has 5 heteroatoms. The molecule has 0 aliphatic heterocycles. The van der Waals surface area contributed by atoms with Crippen molar-refractivity contribution in [1.29, 1.82) is 5.41 Å². The Kier molecular flexibility index (Phi) is 4.12. The van der Waals surface area contributed by atoms with Gasteiger partial charge < -0.3 is 10.5 Å². The van der Waals surface area contributed by atoms with Crippen LogP contribution in [0.5, 0.6) is 11.5 Å². The minimum atomic E-state index is -0.201. The number of ether oxygens (including phenoxy) is 1. The summed E-state index contributed by atoms with van der Waals surface area (Å²) >= 11 is 0. The van der Waals surface area contributed by atoms with Crippen LogP contribution < -0.4 is 15.9 Å². The van der Waals surface area contributed by atoms with Gasteiger partial charge in [-0.1, -0.05) is 30.3 Å². The van der Waals surface area contributed by atoms with Crippen LogP contribution in [0.4, 0.5) is 0 Å². The van der Waals surface area contributed by atoms with Crippen molar-refractivity contribution in [2.75, 3.05) is 0 Å². The zero-order valence-corrected chi connectivity index (χ0v) is 10.2. The van der Waals surface area contributed by atoms with E-state index in [1.54, 1.807) is 6.21 Å². The molecule has 96 valence electrons. The van der Waals surface area contributed by atoms with Crippen LogP contribution in [0.25, 0.3) is 0 Å². The number of para-hydroxylation sites is 1. The van der Waals surface area contributed by atoms with Gasteiger partial charge in [-0.05, 0) is 29.8 Å². The summed E-state index contributed by atoms with van der Waals surface area (Å²) in [6.45, 7) is 0. The van der Waals surface area contributed by atoms with Gasteiger partial charge in [0.1, 0.15) is 11.5 Å². The van der Waals surface area contributed by atoms with E-state index in [9.17, 15) is 0 Å². The third kappa shape index (κ3) is 4.16. The van der Waals surface area contributed by atoms with Gasteiger partial charge in [0, 0.05) is 0 Å². The van der Waals surface area contributed by atoms with E-state index in [4.69, 9.17) is 15.9 Å². The molecule has 2 aromatic rings. The van der Waals surface area contributed by atoms with Gasteiger partial charge in [-0.2, -0.15) is 5.10 Å². The van der Waals surface area contributed by atoms with Gasteiger partial charge in [0.2, 0.25) is 5.96 Å². The van der Waals surface area contributed by atoms with Gasteiger partial charge in [-0.15, -0.1) is 0 Å². The van der Waals surface area contributed by atoms with Crippen LogP contribution in [0.3, 0.4) is 0 Å². The lowest BCUT2D eigenvalue weighted by atomic mass is 10.2. The van der Waals surface area contributed by atoms with Crippen LogP contribution in [-0.2, 0) is 0 Å². The summed E-state index contributed by atoms with van der Waals surface area (Å²) in [6.07, 6.45) is 1.57. The largest absolute Gasteiger partial charge is 0.457 e. The molecule has 5 nitrogen and oxygen atoms in total. The van der Waals surface area contributed by atoms with Crippen LogP contribution in [-0.4, -0.2) is 12.2 Å². The summed E-state index contributed by atoms with van der Waals surface area (Å²) in [5.74, 6) is 1.30. The fraction of sp³-hybridized carbons (Fsp3) is 0. The number of nitrogens with one attached hydrogen (secondary N) is 2. The quantitative estimate of drug-likeness (QED) is 0.444. The number of rotatable bonds is 4. The highest BCUT2D eigenvalue weighted by molar-refractivity contribution is 5.82. The number of nitrogens with two attached hydrogens (primary N) is 1. The normalized spacial score (nSPS) is 10.3. The van der Waals surface area contributed by atoms with Crippen LogP contribution >= 0.6 is 0 Å². The standard InChI is InChI=1S/C14H14N4O/c15-14(16)18-17-10-11-5-4-8-13(9-11)19-12-6-2-1-3-7-12/h1-10H,(H4,15,16,18)/b17-10+. The fourth-order valence-electron chi connectivity index (χ4n) is 1.46. The first-order chi connectivity index (χ1) is 9.24. The molecule has 0 radical (unpaired) electrons. The Morgan fingerprint density at radius 2 is 1.84 bits per heavy atom. The molecule has 2 rings (SSSR count). The Labute approximate surface area is 111 Å². The van der Waals surface area contributed by atoms with Crippen molar-refractivity contribution in [3.05, 3.63) is 60.2 Å². The summed E-state index contributed by atoms with van der Waals surface area (Å²) in [7, 11) is 0. The van der Waals surface area contributed by atoms with E-state index in [1.165, 1.54) is 0 Å². The second kappa shape index (κ2) is 6.20. The third-order valence-electron chi connectivity index (χ3n) is 2.24. The highest BCUT2D eigenvalue weighted by Crippen LogP contribution is 2.21. The zero-order chi connectivity index (χ0) is 13.5. The molecule has 19 heavy (non-hydrogen) atoms. The van der Waals surface area contributed by atoms with Gasteiger partial charge in [0.05, 0.1) is 6.21 Å². The minimum absolute atomic E-state index is 0.201. The van der Waals surface area contributed by atoms with Gasteiger partial charge in [-0.25, -0.2) is 5.43 Å². The van der Waals surface area contributed by atoms with Gasteiger partial charge in [0.25, 0.3) is 0 Å². The molecule has 0 saturated heterocycles. The Hall–Kier alpha value is -2.82. The maximum atomic E-state index is 6.98. The molecule has 0 unspecified atom stereocenters. The first kappa shape index (κ1) is 12.6.